The predicted molar refractivity (Wildman–Crippen MR) is 91.6 cm³/mol. The van der Waals surface area contributed by atoms with E-state index < -0.39 is 10.8 Å². The highest BCUT2D eigenvalue weighted by Gasteiger charge is 2.23. The third-order valence-electron chi connectivity index (χ3n) is 4.07. The van der Waals surface area contributed by atoms with Crippen LogP contribution >= 0.6 is 0 Å². The normalized spacial score (nSPS) is 17.0. The number of benzene rings is 1. The summed E-state index contributed by atoms with van der Waals surface area (Å²) in [7, 11) is -0.895. The molecule has 1 aliphatic rings. The van der Waals surface area contributed by atoms with Crippen LogP contribution in [-0.4, -0.2) is 39.7 Å². The van der Waals surface area contributed by atoms with Crippen molar-refractivity contribution in [1.82, 2.24) is 10.2 Å². The molecule has 2 rings (SSSR count). The summed E-state index contributed by atoms with van der Waals surface area (Å²) in [5, 5.41) is 2.94. The Kier molecular flexibility index (Phi) is 5.62. The van der Waals surface area contributed by atoms with Gasteiger partial charge in [0.1, 0.15) is 0 Å². The summed E-state index contributed by atoms with van der Waals surface area (Å²) in [5.41, 5.74) is 4.05. The predicted octanol–water partition coefficient (Wildman–Crippen LogP) is 2.64. The molecule has 1 aromatic carbocycles. The maximum Gasteiger partial charge on any atom is 0.317 e. The van der Waals surface area contributed by atoms with Gasteiger partial charge in [-0.05, 0) is 36.0 Å². The minimum Gasteiger partial charge on any atom is -0.335 e. The Bertz CT molecular complexity index is 572. The Balaban J connectivity index is 2.04. The molecular weight excluding hydrogens is 296 g/mol. The number of nitrogens with zero attached hydrogens (tertiary/aromatic N) is 1. The summed E-state index contributed by atoms with van der Waals surface area (Å²) in [6.45, 7) is 7.71. The first-order valence-corrected chi connectivity index (χ1v) is 9.57. The maximum absolute atomic E-state index is 12.3. The molecular formula is C17H26N2O2S. The molecule has 4 nitrogen and oxygen atoms in total. The van der Waals surface area contributed by atoms with Gasteiger partial charge >= 0.3 is 6.03 Å². The number of hydrogen-bond acceptors (Lipinski definition) is 2. The molecule has 22 heavy (non-hydrogen) atoms. The maximum atomic E-state index is 12.3. The summed E-state index contributed by atoms with van der Waals surface area (Å²) in [6.07, 6.45) is 2.57. The third-order valence-corrected chi connectivity index (χ3v) is 5.04. The van der Waals surface area contributed by atoms with Crippen molar-refractivity contribution >= 4 is 16.8 Å². The van der Waals surface area contributed by atoms with E-state index in [0.717, 1.165) is 13.0 Å². The monoisotopic (exact) mass is 322 g/mol. The van der Waals surface area contributed by atoms with Crippen LogP contribution in [0.15, 0.2) is 18.2 Å². The van der Waals surface area contributed by atoms with Gasteiger partial charge < -0.3 is 10.2 Å². The Morgan fingerprint density at radius 1 is 1.36 bits per heavy atom. The van der Waals surface area contributed by atoms with Gasteiger partial charge in [-0.15, -0.1) is 0 Å². The van der Waals surface area contributed by atoms with Crippen molar-refractivity contribution in [3.05, 3.63) is 34.9 Å². The quantitative estimate of drug-likeness (QED) is 0.926. The minimum atomic E-state index is -0.895. The van der Waals surface area contributed by atoms with Crippen molar-refractivity contribution in [3.63, 3.8) is 0 Å². The molecule has 0 saturated heterocycles. The standard InChI is InChI=1S/C17H26N2O2S/c1-12(2)15-7-5-6-14-10-19(9-8-16(14)15)17(20)18-13(3)11-22(4)21/h5-7,12-13H,8-11H2,1-4H3,(H,18,20). The van der Waals surface area contributed by atoms with E-state index in [9.17, 15) is 9.00 Å². The van der Waals surface area contributed by atoms with Crippen LogP contribution < -0.4 is 5.32 Å². The zero-order chi connectivity index (χ0) is 16.3. The second-order valence-corrected chi connectivity index (χ2v) is 7.88. The lowest BCUT2D eigenvalue weighted by Crippen LogP contribution is -2.47. The summed E-state index contributed by atoms with van der Waals surface area (Å²) in [5.74, 6) is 1.00. The first-order valence-electron chi connectivity index (χ1n) is 7.84. The second kappa shape index (κ2) is 7.27. The summed E-state index contributed by atoms with van der Waals surface area (Å²) >= 11 is 0. The molecule has 0 saturated carbocycles. The first kappa shape index (κ1) is 17.0. The Morgan fingerprint density at radius 2 is 2.09 bits per heavy atom. The van der Waals surface area contributed by atoms with Crippen LogP contribution in [0.25, 0.3) is 0 Å². The van der Waals surface area contributed by atoms with Crippen LogP contribution in [0, 0.1) is 0 Å². The van der Waals surface area contributed by atoms with Gasteiger partial charge in [-0.3, -0.25) is 4.21 Å². The van der Waals surface area contributed by atoms with E-state index in [0.29, 0.717) is 18.2 Å². The van der Waals surface area contributed by atoms with E-state index in [2.05, 4.69) is 37.4 Å². The third kappa shape index (κ3) is 4.09. The van der Waals surface area contributed by atoms with Crippen molar-refractivity contribution in [3.8, 4) is 0 Å². The van der Waals surface area contributed by atoms with Crippen LogP contribution in [0.2, 0.25) is 0 Å². The molecule has 0 bridgehead atoms. The van der Waals surface area contributed by atoms with Crippen molar-refractivity contribution in [2.24, 2.45) is 0 Å². The van der Waals surface area contributed by atoms with Crippen molar-refractivity contribution in [1.29, 1.82) is 0 Å². The Morgan fingerprint density at radius 3 is 2.73 bits per heavy atom. The first-order chi connectivity index (χ1) is 10.4. The average Bonchev–Trinajstić information content (AvgIpc) is 2.44. The molecule has 2 unspecified atom stereocenters. The lowest BCUT2D eigenvalue weighted by Gasteiger charge is -2.31. The van der Waals surface area contributed by atoms with Crippen LogP contribution in [0.5, 0.6) is 0 Å². The fourth-order valence-corrected chi connectivity index (χ4v) is 3.84. The van der Waals surface area contributed by atoms with E-state index in [4.69, 9.17) is 0 Å². The van der Waals surface area contributed by atoms with Crippen LogP contribution in [0.4, 0.5) is 4.79 Å². The lowest BCUT2D eigenvalue weighted by molar-refractivity contribution is 0.190. The van der Waals surface area contributed by atoms with Gasteiger partial charge in [0, 0.05) is 41.9 Å². The van der Waals surface area contributed by atoms with E-state index >= 15 is 0 Å². The largest absolute Gasteiger partial charge is 0.335 e. The van der Waals surface area contributed by atoms with Gasteiger partial charge in [0.05, 0.1) is 0 Å². The molecule has 0 aromatic heterocycles. The van der Waals surface area contributed by atoms with Gasteiger partial charge in [-0.25, -0.2) is 4.79 Å². The fourth-order valence-electron chi connectivity index (χ4n) is 3.05. The van der Waals surface area contributed by atoms with Crippen molar-refractivity contribution in [2.45, 2.75) is 45.7 Å². The van der Waals surface area contributed by atoms with Crippen LogP contribution in [0.1, 0.15) is 43.4 Å². The van der Waals surface area contributed by atoms with Crippen LogP contribution in [-0.2, 0) is 23.8 Å². The number of fused-ring (bicyclic) bond motifs is 1. The molecule has 0 fully saturated rings. The van der Waals surface area contributed by atoms with E-state index in [1.807, 2.05) is 11.8 Å². The Hall–Kier alpha value is -1.36. The van der Waals surface area contributed by atoms with Gasteiger partial charge in [-0.1, -0.05) is 32.0 Å². The van der Waals surface area contributed by atoms with E-state index in [1.165, 1.54) is 16.7 Å². The minimum absolute atomic E-state index is 0.0569. The highest BCUT2D eigenvalue weighted by Crippen LogP contribution is 2.27. The van der Waals surface area contributed by atoms with Gasteiger partial charge in [0.2, 0.25) is 0 Å². The summed E-state index contributed by atoms with van der Waals surface area (Å²) in [6, 6.07) is 6.27. The van der Waals surface area contributed by atoms with Gasteiger partial charge in [-0.2, -0.15) is 0 Å². The average molecular weight is 322 g/mol. The van der Waals surface area contributed by atoms with E-state index in [-0.39, 0.29) is 12.1 Å². The molecule has 0 spiro atoms. The SMILES string of the molecule is CC(CS(C)=O)NC(=O)N1CCc2c(cccc2C(C)C)C1. The molecule has 2 amide bonds. The van der Waals surface area contributed by atoms with Gasteiger partial charge in [0.15, 0.2) is 0 Å². The van der Waals surface area contributed by atoms with Crippen molar-refractivity contribution in [2.75, 3.05) is 18.6 Å². The number of hydrogen-bond donors (Lipinski definition) is 1. The number of amides is 2. The summed E-state index contributed by atoms with van der Waals surface area (Å²) in [4.78, 5) is 14.2. The molecule has 5 heteroatoms. The lowest BCUT2D eigenvalue weighted by atomic mass is 9.89. The Labute approximate surface area is 135 Å². The molecule has 1 aromatic rings. The molecule has 1 aliphatic heterocycles. The zero-order valence-corrected chi connectivity index (χ0v) is 14.7. The molecule has 1 heterocycles. The number of nitrogens with one attached hydrogen (secondary N) is 1. The molecule has 0 aliphatic carbocycles. The van der Waals surface area contributed by atoms with E-state index in [1.54, 1.807) is 6.26 Å². The molecule has 2 atom stereocenters. The number of carbonyl (C=O) groups is 1. The van der Waals surface area contributed by atoms with Crippen molar-refractivity contribution < 1.29 is 9.00 Å². The zero-order valence-electron chi connectivity index (χ0n) is 13.9. The number of carbonyl (C=O) groups excluding carboxylic acids is 1. The fraction of sp³-hybridized carbons (Fsp3) is 0.588. The second-order valence-electron chi connectivity index (χ2n) is 6.40. The molecule has 1 N–H and O–H groups in total. The molecule has 0 radical (unpaired) electrons. The smallest absolute Gasteiger partial charge is 0.317 e. The highest BCUT2D eigenvalue weighted by atomic mass is 32.2. The van der Waals surface area contributed by atoms with Gasteiger partial charge in [0.25, 0.3) is 0 Å². The molecule has 122 valence electrons. The topological polar surface area (TPSA) is 49.4 Å². The number of urea groups is 1. The van der Waals surface area contributed by atoms with Crippen LogP contribution in [0.3, 0.4) is 0 Å². The number of rotatable bonds is 4. The highest BCUT2D eigenvalue weighted by molar-refractivity contribution is 7.84. The summed E-state index contributed by atoms with van der Waals surface area (Å²) < 4.78 is 11.2.